The molecule has 1 fully saturated rings. The Morgan fingerprint density at radius 1 is 1.29 bits per heavy atom. The lowest BCUT2D eigenvalue weighted by Crippen LogP contribution is -2.68. The van der Waals surface area contributed by atoms with Gasteiger partial charge in [-0.3, -0.25) is 19.6 Å². The number of aryl methyl sites for hydroxylation is 1. The van der Waals surface area contributed by atoms with Crippen LogP contribution in [0, 0.1) is 12.8 Å². The van der Waals surface area contributed by atoms with E-state index in [0.29, 0.717) is 12.2 Å². The van der Waals surface area contributed by atoms with Crippen LogP contribution in [-0.2, 0) is 16.1 Å². The van der Waals surface area contributed by atoms with E-state index < -0.39 is 11.6 Å². The van der Waals surface area contributed by atoms with Gasteiger partial charge in [0.05, 0.1) is 24.1 Å². The van der Waals surface area contributed by atoms with Crippen LogP contribution >= 0.6 is 0 Å². The van der Waals surface area contributed by atoms with E-state index in [4.69, 9.17) is 0 Å². The van der Waals surface area contributed by atoms with Crippen LogP contribution < -0.4 is 5.32 Å². The number of nitrogens with one attached hydrogen (secondary N) is 1. The lowest BCUT2D eigenvalue weighted by molar-refractivity contribution is -0.156. The molecule has 0 aliphatic carbocycles. The first kappa shape index (κ1) is 15.4. The molecular weight excluding hydrogens is 268 g/mol. The maximum Gasteiger partial charge on any atom is 0.248 e. The van der Waals surface area contributed by atoms with Crippen LogP contribution in [0.4, 0.5) is 0 Å². The van der Waals surface area contributed by atoms with Gasteiger partial charge in [0.1, 0.15) is 11.6 Å². The van der Waals surface area contributed by atoms with Crippen molar-refractivity contribution in [3.63, 3.8) is 0 Å². The number of hydrogen-bond donors (Lipinski definition) is 1. The molecular formula is C15H22N4O2. The Morgan fingerprint density at radius 2 is 1.95 bits per heavy atom. The molecule has 0 radical (unpaired) electrons. The SMILES string of the molecule is Cc1cnc(CN2C(=O)C(C)(C)NC(=O)C2C(C)C)cn1. The second kappa shape index (κ2) is 5.42. The molecule has 6 nitrogen and oxygen atoms in total. The Balaban J connectivity index is 2.32. The summed E-state index contributed by atoms with van der Waals surface area (Å²) in [5.74, 6) is -0.179. The molecule has 21 heavy (non-hydrogen) atoms. The summed E-state index contributed by atoms with van der Waals surface area (Å²) in [5.41, 5.74) is 0.618. The van der Waals surface area contributed by atoms with Crippen LogP contribution in [0.1, 0.15) is 39.1 Å². The molecule has 1 saturated heterocycles. The van der Waals surface area contributed by atoms with Crippen molar-refractivity contribution in [2.75, 3.05) is 0 Å². The molecule has 6 heteroatoms. The summed E-state index contributed by atoms with van der Waals surface area (Å²) in [6.07, 6.45) is 3.32. The summed E-state index contributed by atoms with van der Waals surface area (Å²) in [6.45, 7) is 9.46. The average molecular weight is 290 g/mol. The minimum Gasteiger partial charge on any atom is -0.340 e. The number of piperazine rings is 1. The smallest absolute Gasteiger partial charge is 0.248 e. The van der Waals surface area contributed by atoms with E-state index in [1.807, 2.05) is 20.8 Å². The highest BCUT2D eigenvalue weighted by Gasteiger charge is 2.46. The number of hydrogen-bond acceptors (Lipinski definition) is 4. The van der Waals surface area contributed by atoms with Gasteiger partial charge in [-0.1, -0.05) is 13.8 Å². The van der Waals surface area contributed by atoms with Gasteiger partial charge in [-0.25, -0.2) is 0 Å². The molecule has 0 bridgehead atoms. The van der Waals surface area contributed by atoms with Crippen molar-refractivity contribution < 1.29 is 9.59 Å². The molecule has 0 saturated carbocycles. The zero-order chi connectivity index (χ0) is 15.8. The van der Waals surface area contributed by atoms with Gasteiger partial charge >= 0.3 is 0 Å². The number of carbonyl (C=O) groups excluding carboxylic acids is 2. The van der Waals surface area contributed by atoms with E-state index in [9.17, 15) is 9.59 Å². The summed E-state index contributed by atoms with van der Waals surface area (Å²) >= 11 is 0. The van der Waals surface area contributed by atoms with Gasteiger partial charge < -0.3 is 10.2 Å². The van der Waals surface area contributed by atoms with E-state index in [0.717, 1.165) is 5.69 Å². The molecule has 1 aliphatic rings. The van der Waals surface area contributed by atoms with E-state index in [-0.39, 0.29) is 17.7 Å². The molecule has 2 heterocycles. The van der Waals surface area contributed by atoms with Crippen molar-refractivity contribution in [3.05, 3.63) is 23.8 Å². The Kier molecular flexibility index (Phi) is 3.98. The van der Waals surface area contributed by atoms with Gasteiger partial charge in [0.25, 0.3) is 0 Å². The Bertz CT molecular complexity index is 551. The highest BCUT2D eigenvalue weighted by Crippen LogP contribution is 2.24. The molecule has 114 valence electrons. The minimum atomic E-state index is -0.888. The first-order valence-corrected chi connectivity index (χ1v) is 7.13. The maximum absolute atomic E-state index is 12.6. The van der Waals surface area contributed by atoms with Crippen LogP contribution in [0.25, 0.3) is 0 Å². The second-order valence-electron chi connectivity index (χ2n) is 6.39. The number of rotatable bonds is 3. The molecule has 2 rings (SSSR count). The van der Waals surface area contributed by atoms with Crippen molar-refractivity contribution in [1.82, 2.24) is 20.2 Å². The fourth-order valence-electron chi connectivity index (χ4n) is 2.57. The molecule has 1 atom stereocenters. The summed E-state index contributed by atoms with van der Waals surface area (Å²) in [4.78, 5) is 35.0. The van der Waals surface area contributed by atoms with E-state index in [1.165, 1.54) is 0 Å². The fraction of sp³-hybridized carbons (Fsp3) is 0.600. The third-order valence-corrected chi connectivity index (χ3v) is 3.63. The van der Waals surface area contributed by atoms with Crippen molar-refractivity contribution in [2.45, 2.75) is 52.7 Å². The fourth-order valence-corrected chi connectivity index (χ4v) is 2.57. The zero-order valence-corrected chi connectivity index (χ0v) is 13.2. The monoisotopic (exact) mass is 290 g/mol. The van der Waals surface area contributed by atoms with E-state index in [2.05, 4.69) is 15.3 Å². The average Bonchev–Trinajstić information content (AvgIpc) is 2.37. The first-order chi connectivity index (χ1) is 9.72. The van der Waals surface area contributed by atoms with Crippen LogP contribution in [0.15, 0.2) is 12.4 Å². The minimum absolute atomic E-state index is 0.0310. The third-order valence-electron chi connectivity index (χ3n) is 3.63. The van der Waals surface area contributed by atoms with Gasteiger partial charge in [0.2, 0.25) is 11.8 Å². The number of aromatic nitrogens is 2. The lowest BCUT2D eigenvalue weighted by Gasteiger charge is -2.44. The standard InChI is InChI=1S/C15H22N4O2/c1-9(2)12-13(20)18-15(4,5)14(21)19(12)8-11-7-16-10(3)6-17-11/h6-7,9,12H,8H2,1-5H3,(H,18,20). The summed E-state index contributed by atoms with van der Waals surface area (Å²) in [6, 6.07) is -0.478. The molecule has 0 aromatic carbocycles. The molecule has 1 N–H and O–H groups in total. The summed E-state index contributed by atoms with van der Waals surface area (Å²) in [7, 11) is 0. The van der Waals surface area contributed by atoms with Gasteiger partial charge in [-0.15, -0.1) is 0 Å². The quantitative estimate of drug-likeness (QED) is 0.902. The maximum atomic E-state index is 12.6. The molecule has 0 spiro atoms. The van der Waals surface area contributed by atoms with E-state index >= 15 is 0 Å². The van der Waals surface area contributed by atoms with Crippen molar-refractivity contribution in [1.29, 1.82) is 0 Å². The van der Waals surface area contributed by atoms with Crippen LogP contribution in [0.2, 0.25) is 0 Å². The summed E-state index contributed by atoms with van der Waals surface area (Å²) in [5, 5.41) is 2.80. The summed E-state index contributed by atoms with van der Waals surface area (Å²) < 4.78 is 0. The van der Waals surface area contributed by atoms with Crippen molar-refractivity contribution in [2.24, 2.45) is 5.92 Å². The predicted octanol–water partition coefficient (Wildman–Crippen LogP) is 1.05. The first-order valence-electron chi connectivity index (χ1n) is 7.13. The normalized spacial score (nSPS) is 21.6. The van der Waals surface area contributed by atoms with Gasteiger partial charge in [-0.2, -0.15) is 0 Å². The topological polar surface area (TPSA) is 75.2 Å². The zero-order valence-electron chi connectivity index (χ0n) is 13.2. The second-order valence-corrected chi connectivity index (χ2v) is 6.39. The number of amides is 2. The Labute approximate surface area is 125 Å². The van der Waals surface area contributed by atoms with Crippen LogP contribution in [-0.4, -0.2) is 38.3 Å². The van der Waals surface area contributed by atoms with E-state index in [1.54, 1.807) is 31.1 Å². The third kappa shape index (κ3) is 3.04. The Hall–Kier alpha value is -1.98. The largest absolute Gasteiger partial charge is 0.340 e. The molecule has 2 amide bonds. The molecule has 1 aromatic rings. The van der Waals surface area contributed by atoms with Crippen molar-refractivity contribution in [3.8, 4) is 0 Å². The van der Waals surface area contributed by atoms with Gasteiger partial charge in [-0.05, 0) is 26.7 Å². The van der Waals surface area contributed by atoms with Gasteiger partial charge in [0.15, 0.2) is 0 Å². The predicted molar refractivity (Wildman–Crippen MR) is 78.2 cm³/mol. The van der Waals surface area contributed by atoms with Gasteiger partial charge in [0, 0.05) is 6.20 Å². The molecule has 1 aromatic heterocycles. The highest BCUT2D eigenvalue weighted by molar-refractivity contribution is 5.99. The molecule has 1 unspecified atom stereocenters. The van der Waals surface area contributed by atoms with Crippen molar-refractivity contribution >= 4 is 11.8 Å². The Morgan fingerprint density at radius 3 is 2.48 bits per heavy atom. The molecule has 1 aliphatic heterocycles. The van der Waals surface area contributed by atoms with Crippen LogP contribution in [0.5, 0.6) is 0 Å². The number of carbonyl (C=O) groups is 2. The number of nitrogens with zero attached hydrogens (tertiary/aromatic N) is 3. The lowest BCUT2D eigenvalue weighted by atomic mass is 9.91. The van der Waals surface area contributed by atoms with Crippen LogP contribution in [0.3, 0.4) is 0 Å². The highest BCUT2D eigenvalue weighted by atomic mass is 16.2.